The second kappa shape index (κ2) is 4.78. The van der Waals surface area contributed by atoms with Gasteiger partial charge in [-0.25, -0.2) is 0 Å². The van der Waals surface area contributed by atoms with Gasteiger partial charge in [-0.05, 0) is 33.8 Å². The average Bonchev–Trinajstić information content (AvgIpc) is 2.58. The molecular weight excluding hydrogens is 245 g/mol. The topological polar surface area (TPSA) is 60.8 Å². The van der Waals surface area contributed by atoms with Crippen LogP contribution in [0.25, 0.3) is 0 Å². The first-order valence-electron chi connectivity index (χ1n) is 6.30. The molecule has 0 saturated carbocycles. The molecule has 1 fully saturated rings. The summed E-state index contributed by atoms with van der Waals surface area (Å²) < 4.78 is 17.1. The van der Waals surface area contributed by atoms with Gasteiger partial charge in [-0.1, -0.05) is 0 Å². The van der Waals surface area contributed by atoms with E-state index in [1.165, 1.54) is 0 Å². The normalized spacial score (nSPS) is 20.6. The van der Waals surface area contributed by atoms with Crippen LogP contribution in [0, 0.1) is 0 Å². The Morgan fingerprint density at radius 1 is 1.21 bits per heavy atom. The number of methoxy groups -OCH3 is 1. The highest BCUT2D eigenvalue weighted by molar-refractivity contribution is 6.61. The summed E-state index contributed by atoms with van der Waals surface area (Å²) in [5.41, 5.74) is 0.315. The fraction of sp³-hybridized carbons (Fsp3) is 0.615. The Morgan fingerprint density at radius 3 is 2.26 bits per heavy atom. The maximum Gasteiger partial charge on any atom is 0.514 e. The molecule has 0 radical (unpaired) electrons. The monoisotopic (exact) mass is 265 g/mol. The molecular formula is C13H20BNO4. The minimum Gasteiger partial charge on any atom is -0.497 e. The lowest BCUT2D eigenvalue weighted by Gasteiger charge is -2.32. The number of ether oxygens (including phenoxy) is 1. The molecule has 104 valence electrons. The zero-order valence-electron chi connectivity index (χ0n) is 12.1. The van der Waals surface area contributed by atoms with Crippen LogP contribution in [0.2, 0.25) is 0 Å². The summed E-state index contributed by atoms with van der Waals surface area (Å²) in [7, 11) is 1.02. The van der Waals surface area contributed by atoms with Crippen LogP contribution < -0.4 is 10.3 Å². The zero-order valence-corrected chi connectivity index (χ0v) is 12.1. The second-order valence-corrected chi connectivity index (χ2v) is 5.67. The third-order valence-electron chi connectivity index (χ3n) is 3.76. The van der Waals surface area contributed by atoms with Crippen LogP contribution in [-0.2, 0) is 15.9 Å². The van der Waals surface area contributed by atoms with Gasteiger partial charge in [-0.2, -0.15) is 0 Å². The lowest BCUT2D eigenvalue weighted by atomic mass is 9.84. The van der Waals surface area contributed by atoms with Crippen LogP contribution in [0.4, 0.5) is 0 Å². The first kappa shape index (κ1) is 14.3. The van der Waals surface area contributed by atoms with Crippen molar-refractivity contribution in [2.75, 3.05) is 7.11 Å². The van der Waals surface area contributed by atoms with Crippen molar-refractivity contribution < 1.29 is 19.2 Å². The van der Waals surface area contributed by atoms with Crippen molar-refractivity contribution in [3.63, 3.8) is 0 Å². The highest BCUT2D eigenvalue weighted by Gasteiger charge is 2.52. The van der Waals surface area contributed by atoms with E-state index in [9.17, 15) is 5.11 Å². The van der Waals surface area contributed by atoms with E-state index in [2.05, 4.69) is 4.98 Å². The second-order valence-electron chi connectivity index (χ2n) is 5.67. The Hall–Kier alpha value is -1.11. The highest BCUT2D eigenvalue weighted by atomic mass is 16.7. The number of rotatable bonds is 3. The van der Waals surface area contributed by atoms with E-state index >= 15 is 0 Å². The summed E-state index contributed by atoms with van der Waals surface area (Å²) in [4.78, 5) is 4.33. The van der Waals surface area contributed by atoms with Crippen molar-refractivity contribution in [3.05, 3.63) is 17.8 Å². The predicted octanol–water partition coefficient (Wildman–Crippen LogP) is 0.882. The molecule has 1 aliphatic rings. The van der Waals surface area contributed by atoms with Gasteiger partial charge in [0.1, 0.15) is 5.75 Å². The molecule has 2 heterocycles. The maximum atomic E-state index is 9.23. The van der Waals surface area contributed by atoms with Gasteiger partial charge in [0.2, 0.25) is 0 Å². The van der Waals surface area contributed by atoms with Crippen LogP contribution >= 0.6 is 0 Å². The van der Waals surface area contributed by atoms with E-state index in [4.69, 9.17) is 14.0 Å². The van der Waals surface area contributed by atoms with Gasteiger partial charge >= 0.3 is 7.12 Å². The molecule has 0 spiro atoms. The van der Waals surface area contributed by atoms with E-state index in [0.717, 1.165) is 0 Å². The Kier molecular flexibility index (Phi) is 3.60. The van der Waals surface area contributed by atoms with Crippen LogP contribution in [0.3, 0.4) is 0 Å². The third kappa shape index (κ3) is 2.61. The molecule has 0 bridgehead atoms. The van der Waals surface area contributed by atoms with E-state index in [1.54, 1.807) is 19.2 Å². The standard InChI is InChI=1S/C13H20BNO4/c1-12(2)13(3,4)19-14(18-12)11-7-10(17-5)6-9(8-16)15-11/h6-7,16H,8H2,1-5H3. The molecule has 6 heteroatoms. The van der Waals surface area contributed by atoms with Crippen LogP contribution in [0.5, 0.6) is 5.75 Å². The number of pyridine rings is 1. The minimum absolute atomic E-state index is 0.149. The largest absolute Gasteiger partial charge is 0.514 e. The lowest BCUT2D eigenvalue weighted by molar-refractivity contribution is 0.00578. The molecule has 1 N–H and O–H groups in total. The van der Waals surface area contributed by atoms with Crippen LogP contribution in [0.15, 0.2) is 12.1 Å². The molecule has 0 atom stereocenters. The van der Waals surface area contributed by atoms with Gasteiger partial charge in [0.15, 0.2) is 0 Å². The molecule has 1 aromatic heterocycles. The van der Waals surface area contributed by atoms with Crippen molar-refractivity contribution in [3.8, 4) is 5.75 Å². The summed E-state index contributed by atoms with van der Waals surface area (Å²) in [6.45, 7) is 7.80. The SMILES string of the molecule is COc1cc(CO)nc(B2OC(C)(C)C(C)(C)O2)c1. The number of hydrogen-bond acceptors (Lipinski definition) is 5. The molecule has 19 heavy (non-hydrogen) atoms. The number of aliphatic hydroxyl groups excluding tert-OH is 1. The molecule has 1 aromatic rings. The molecule has 0 aliphatic carbocycles. The van der Waals surface area contributed by atoms with Crippen molar-refractivity contribution in [2.45, 2.75) is 45.5 Å². The molecule has 5 nitrogen and oxygen atoms in total. The Balaban J connectivity index is 2.33. The number of aromatic nitrogens is 1. The van der Waals surface area contributed by atoms with Crippen molar-refractivity contribution >= 4 is 12.7 Å². The fourth-order valence-corrected chi connectivity index (χ4v) is 1.87. The predicted molar refractivity (Wildman–Crippen MR) is 72.4 cm³/mol. The Labute approximate surface area is 114 Å². The number of hydrogen-bond donors (Lipinski definition) is 1. The Bertz CT molecular complexity index is 437. The van der Waals surface area contributed by atoms with Gasteiger partial charge < -0.3 is 19.2 Å². The number of nitrogens with zero attached hydrogens (tertiary/aromatic N) is 1. The average molecular weight is 265 g/mol. The van der Waals surface area contributed by atoms with E-state index in [0.29, 0.717) is 17.0 Å². The van der Waals surface area contributed by atoms with E-state index < -0.39 is 18.3 Å². The quantitative estimate of drug-likeness (QED) is 0.822. The van der Waals surface area contributed by atoms with Crippen molar-refractivity contribution in [2.24, 2.45) is 0 Å². The Morgan fingerprint density at radius 2 is 1.79 bits per heavy atom. The molecule has 1 aliphatic heterocycles. The van der Waals surface area contributed by atoms with Gasteiger partial charge in [0, 0.05) is 6.07 Å². The van der Waals surface area contributed by atoms with Crippen molar-refractivity contribution in [1.29, 1.82) is 0 Å². The summed E-state index contributed by atoms with van der Waals surface area (Å²) in [6.07, 6.45) is 0. The molecule has 0 unspecified atom stereocenters. The van der Waals surface area contributed by atoms with Crippen molar-refractivity contribution in [1.82, 2.24) is 4.98 Å². The van der Waals surface area contributed by atoms with Gasteiger partial charge in [-0.3, -0.25) is 4.98 Å². The molecule has 1 saturated heterocycles. The van der Waals surface area contributed by atoms with Crippen LogP contribution in [0.1, 0.15) is 33.4 Å². The van der Waals surface area contributed by atoms with Gasteiger partial charge in [-0.15, -0.1) is 0 Å². The highest BCUT2D eigenvalue weighted by Crippen LogP contribution is 2.36. The van der Waals surface area contributed by atoms with E-state index in [1.807, 2.05) is 27.7 Å². The molecule has 0 aromatic carbocycles. The van der Waals surface area contributed by atoms with Gasteiger partial charge in [0.25, 0.3) is 0 Å². The number of aliphatic hydroxyl groups is 1. The van der Waals surface area contributed by atoms with E-state index in [-0.39, 0.29) is 6.61 Å². The lowest BCUT2D eigenvalue weighted by Crippen LogP contribution is -2.41. The third-order valence-corrected chi connectivity index (χ3v) is 3.76. The summed E-state index contributed by atoms with van der Waals surface area (Å²) >= 11 is 0. The summed E-state index contributed by atoms with van der Waals surface area (Å²) in [5.74, 6) is 0.628. The maximum absolute atomic E-state index is 9.23. The summed E-state index contributed by atoms with van der Waals surface area (Å²) in [5, 5.41) is 9.23. The van der Waals surface area contributed by atoms with Gasteiger partial charge in [0.05, 0.1) is 36.2 Å². The van der Waals surface area contributed by atoms with Crippen LogP contribution in [-0.4, -0.2) is 35.5 Å². The summed E-state index contributed by atoms with van der Waals surface area (Å²) in [6, 6.07) is 3.45. The first-order chi connectivity index (χ1) is 8.79. The zero-order chi connectivity index (χ0) is 14.3. The smallest absolute Gasteiger partial charge is 0.497 e. The molecule has 0 amide bonds. The minimum atomic E-state index is -0.551. The molecule has 2 rings (SSSR count). The first-order valence-corrected chi connectivity index (χ1v) is 6.30. The fourth-order valence-electron chi connectivity index (χ4n) is 1.87.